The van der Waals surface area contributed by atoms with Gasteiger partial charge in [0.05, 0.1) is 32.9 Å². The zero-order valence-electron chi connectivity index (χ0n) is 45.4. The average molecular weight is 569 g/mol. The van der Waals surface area contributed by atoms with Crippen molar-refractivity contribution in [3.05, 3.63) is 145 Å². The molecule has 0 saturated carbocycles. The summed E-state index contributed by atoms with van der Waals surface area (Å²) in [6.45, 7) is 0. The van der Waals surface area contributed by atoms with Gasteiger partial charge in [-0.3, -0.25) is 0 Å². The van der Waals surface area contributed by atoms with Crippen LogP contribution in [-0.4, -0.2) is 0 Å². The molecule has 0 spiro atoms. The van der Waals surface area contributed by atoms with E-state index in [1.54, 1.807) is 0 Å². The van der Waals surface area contributed by atoms with Gasteiger partial charge in [0, 0.05) is 10.9 Å². The lowest BCUT2D eigenvalue weighted by Gasteiger charge is -2.22. The largest absolute Gasteiger partial charge is 0.456 e. The Balaban J connectivity index is 1.43. The topological polar surface area (TPSA) is 9.23 Å². The number of benzene rings is 9. The van der Waals surface area contributed by atoms with E-state index in [1.807, 2.05) is 0 Å². The average Bonchev–Trinajstić information content (AvgIpc) is 3.29. The molecule has 0 amide bonds. The van der Waals surface area contributed by atoms with Crippen LogP contribution in [0.4, 0.5) is 0 Å². The van der Waals surface area contributed by atoms with E-state index in [0.29, 0.717) is 0 Å². The van der Waals surface area contributed by atoms with Crippen LogP contribution >= 0.6 is 0 Å². The molecule has 43 heavy (non-hydrogen) atoms. The van der Waals surface area contributed by atoms with Crippen molar-refractivity contribution >= 4 is 53.9 Å². The van der Waals surface area contributed by atoms with Crippen LogP contribution < -0.4 is 4.74 Å². The first kappa shape index (κ1) is 9.97. The van der Waals surface area contributed by atoms with Gasteiger partial charge in [-0.25, -0.2) is 0 Å². The van der Waals surface area contributed by atoms with Gasteiger partial charge in [-0.2, -0.15) is 0 Å². The molecule has 9 aromatic rings. The van der Waals surface area contributed by atoms with E-state index in [1.165, 1.54) is 0 Å². The standard InChI is InChI=1S/C42H24O/c1-6-26-16-17-28-18-21-34(36-22-19-27(7-1)40(26)42(28)36)33-13-5-11-31-30(10-4-12-32(31)33)29-20-23-38-37(24-29)35-14-2-8-25-9-3-15-39(43-38)41(25)35/h1-24H/i1D,2D,3D,4D,5D,6D,7D,8D,9D,10D,11D,12D,13D,14D,15D,16D,17D,18D,19D,20D,21D,22D,23D,24D. The summed E-state index contributed by atoms with van der Waals surface area (Å²) in [4.78, 5) is 0. The quantitative estimate of drug-likeness (QED) is 0.188. The van der Waals surface area contributed by atoms with Gasteiger partial charge < -0.3 is 4.74 Å². The molecule has 0 unspecified atom stereocenters. The second kappa shape index (κ2) is 8.44. The fraction of sp³-hybridized carbons (Fsp3) is 0. The number of hydrogen-bond acceptors (Lipinski definition) is 1. The van der Waals surface area contributed by atoms with Crippen molar-refractivity contribution in [1.82, 2.24) is 0 Å². The number of hydrogen-bond donors (Lipinski definition) is 0. The van der Waals surface area contributed by atoms with E-state index in [0.717, 1.165) is 0 Å². The highest BCUT2D eigenvalue weighted by Crippen LogP contribution is 2.48. The highest BCUT2D eigenvalue weighted by atomic mass is 16.5. The van der Waals surface area contributed by atoms with Crippen LogP contribution in [0.25, 0.3) is 87.2 Å². The van der Waals surface area contributed by atoms with Gasteiger partial charge in [0.2, 0.25) is 0 Å². The maximum atomic E-state index is 9.66. The monoisotopic (exact) mass is 568 g/mol. The van der Waals surface area contributed by atoms with Crippen molar-refractivity contribution in [2.75, 3.05) is 0 Å². The van der Waals surface area contributed by atoms with Crippen molar-refractivity contribution in [1.29, 1.82) is 0 Å². The highest BCUT2D eigenvalue weighted by molar-refractivity contribution is 6.26. The molecule has 9 aromatic carbocycles. The molecular formula is C42H24O. The summed E-state index contributed by atoms with van der Waals surface area (Å²) in [5.41, 5.74) is -3.65. The number of fused-ring (bicyclic) bond motifs is 3. The second-order valence-corrected chi connectivity index (χ2v) is 9.76. The van der Waals surface area contributed by atoms with Gasteiger partial charge in [-0.1, -0.05) is 127 Å². The van der Waals surface area contributed by atoms with Crippen molar-refractivity contribution in [2.45, 2.75) is 0 Å². The second-order valence-electron chi connectivity index (χ2n) is 9.76. The molecule has 0 N–H and O–H groups in total. The molecule has 1 heterocycles. The zero-order valence-corrected chi connectivity index (χ0v) is 21.4. The summed E-state index contributed by atoms with van der Waals surface area (Å²) in [5, 5.41) is -4.24. The Hall–Kier alpha value is -5.66. The third-order valence-corrected chi connectivity index (χ3v) is 7.51. The van der Waals surface area contributed by atoms with E-state index < -0.39 is 217 Å². The Bertz CT molecular complexity index is 3900. The molecule has 0 atom stereocenters. The molecule has 0 aromatic heterocycles. The summed E-state index contributed by atoms with van der Waals surface area (Å²) < 4.78 is 222. The Morgan fingerprint density at radius 1 is 0.349 bits per heavy atom. The Morgan fingerprint density at radius 3 is 1.77 bits per heavy atom. The molecule has 0 bridgehead atoms. The minimum absolute atomic E-state index is 0.252. The Labute approximate surface area is 282 Å². The first-order valence-electron chi connectivity index (χ1n) is 24.9. The highest BCUT2D eigenvalue weighted by Gasteiger charge is 2.21. The molecule has 0 aliphatic carbocycles. The van der Waals surface area contributed by atoms with E-state index in [-0.39, 0.29) is 26.9 Å². The van der Waals surface area contributed by atoms with Crippen molar-refractivity contribution in [3.8, 4) is 44.9 Å². The predicted octanol–water partition coefficient (Wildman–Crippen LogP) is 12.0. The molecule has 1 heteroatoms. The van der Waals surface area contributed by atoms with Gasteiger partial charge in [0.25, 0.3) is 0 Å². The maximum Gasteiger partial charge on any atom is 0.135 e. The molecule has 1 aliphatic heterocycles. The van der Waals surface area contributed by atoms with Crippen molar-refractivity contribution in [2.24, 2.45) is 0 Å². The van der Waals surface area contributed by atoms with Crippen LogP contribution in [0.3, 0.4) is 0 Å². The van der Waals surface area contributed by atoms with Gasteiger partial charge in [0.15, 0.2) is 0 Å². The number of rotatable bonds is 2. The smallest absolute Gasteiger partial charge is 0.135 e. The normalized spacial score (nSPS) is 20.2. The lowest BCUT2D eigenvalue weighted by Crippen LogP contribution is -1.97. The van der Waals surface area contributed by atoms with Crippen molar-refractivity contribution in [3.63, 3.8) is 0 Å². The Morgan fingerprint density at radius 2 is 0.930 bits per heavy atom. The lowest BCUT2D eigenvalue weighted by molar-refractivity contribution is 0.487. The minimum Gasteiger partial charge on any atom is -0.456 e. The van der Waals surface area contributed by atoms with E-state index in [9.17, 15) is 13.7 Å². The van der Waals surface area contributed by atoms with Crippen LogP contribution in [0.1, 0.15) is 32.9 Å². The van der Waals surface area contributed by atoms with Gasteiger partial charge in [0.1, 0.15) is 11.5 Å². The first-order valence-corrected chi connectivity index (χ1v) is 12.9. The summed E-state index contributed by atoms with van der Waals surface area (Å²) in [6, 6.07) is -19.3. The zero-order chi connectivity index (χ0) is 49.0. The summed E-state index contributed by atoms with van der Waals surface area (Å²) in [7, 11) is 0. The van der Waals surface area contributed by atoms with Crippen LogP contribution in [0, 0.1) is 0 Å². The molecule has 1 aliphatic rings. The van der Waals surface area contributed by atoms with Gasteiger partial charge in [-0.15, -0.1) is 0 Å². The summed E-state index contributed by atoms with van der Waals surface area (Å²) >= 11 is 0. The van der Waals surface area contributed by atoms with Crippen LogP contribution in [-0.2, 0) is 0 Å². The fourth-order valence-electron chi connectivity index (χ4n) is 5.64. The fourth-order valence-corrected chi connectivity index (χ4v) is 5.64. The van der Waals surface area contributed by atoms with Gasteiger partial charge in [-0.05, 0) is 94.4 Å². The van der Waals surface area contributed by atoms with E-state index in [2.05, 4.69) is 0 Å². The molecular weight excluding hydrogens is 520 g/mol. The molecule has 0 radical (unpaired) electrons. The van der Waals surface area contributed by atoms with Gasteiger partial charge >= 0.3 is 0 Å². The number of ether oxygens (including phenoxy) is 1. The van der Waals surface area contributed by atoms with Crippen LogP contribution in [0.15, 0.2) is 145 Å². The molecule has 198 valence electrons. The molecule has 1 nitrogen and oxygen atoms in total. The summed E-state index contributed by atoms with van der Waals surface area (Å²) in [5.74, 6) is -1.12. The lowest BCUT2D eigenvalue weighted by atomic mass is 9.87. The summed E-state index contributed by atoms with van der Waals surface area (Å²) in [6.07, 6.45) is 0. The Kier molecular flexibility index (Phi) is 1.96. The minimum atomic E-state index is -0.975. The SMILES string of the molecule is [2H]c1c([2H])c(-c2c([2H])c([2H])c([2H])c3c(-c4c([2H])c([2H])c5c([2H])c([2H])c6c([2H])c([2H])c([2H])c7c([2H])c([2H])c4c5c67)c([2H])c([2H])c([2H])c23)c([2H])c2c1Oc1c([2H])c([2H])c([2H])c3c([2H])c([2H])c([2H])c-2c13. The molecule has 0 fully saturated rings. The molecule has 10 rings (SSSR count). The van der Waals surface area contributed by atoms with E-state index in [4.69, 9.17) is 23.9 Å². The third kappa shape index (κ3) is 3.17. The van der Waals surface area contributed by atoms with Crippen molar-refractivity contribution < 1.29 is 37.6 Å². The molecule has 0 saturated heterocycles. The third-order valence-electron chi connectivity index (χ3n) is 7.51. The van der Waals surface area contributed by atoms with Crippen LogP contribution in [0.5, 0.6) is 11.5 Å². The van der Waals surface area contributed by atoms with Crippen LogP contribution in [0.2, 0.25) is 0 Å². The predicted molar refractivity (Wildman–Crippen MR) is 182 cm³/mol. The maximum absolute atomic E-state index is 9.66. The first-order chi connectivity index (χ1) is 31.3. The van der Waals surface area contributed by atoms with E-state index >= 15 is 0 Å².